The zero-order valence-electron chi connectivity index (χ0n) is 23.3. The van der Waals surface area contributed by atoms with E-state index in [1.54, 1.807) is 32.9 Å². The van der Waals surface area contributed by atoms with Crippen molar-refractivity contribution >= 4 is 16.8 Å². The highest BCUT2D eigenvalue weighted by Gasteiger charge is 2.37. The van der Waals surface area contributed by atoms with Gasteiger partial charge in [0.15, 0.2) is 5.25 Å². The highest BCUT2D eigenvalue weighted by molar-refractivity contribution is 7.86. The van der Waals surface area contributed by atoms with Crippen molar-refractivity contribution in [1.29, 1.82) is 0 Å². The summed E-state index contributed by atoms with van der Waals surface area (Å²) in [6.07, 6.45) is 20.9. The van der Waals surface area contributed by atoms with Gasteiger partial charge in [-0.15, -0.1) is 0 Å². The largest absolute Gasteiger partial charge is 0.459 e. The van der Waals surface area contributed by atoms with Gasteiger partial charge in [0, 0.05) is 4.90 Å². The van der Waals surface area contributed by atoms with Gasteiger partial charge in [0.05, 0.1) is 16.9 Å². The third kappa shape index (κ3) is 14.1. The fourth-order valence-electron chi connectivity index (χ4n) is 3.98. The molecule has 1 rings (SSSR count). The quantitative estimate of drug-likeness (QED) is 0.121. The maximum absolute atomic E-state index is 13.3. The van der Waals surface area contributed by atoms with E-state index in [2.05, 4.69) is 31.2 Å². The second-order valence-corrected chi connectivity index (χ2v) is 12.1. The number of benzene rings is 1. The molecule has 4 nitrogen and oxygen atoms in total. The van der Waals surface area contributed by atoms with Crippen molar-refractivity contribution in [3.63, 3.8) is 0 Å². The van der Waals surface area contributed by atoms with Crippen molar-refractivity contribution in [2.24, 2.45) is 0 Å². The van der Waals surface area contributed by atoms with Crippen LogP contribution < -0.4 is 0 Å². The Morgan fingerprint density at radius 1 is 0.944 bits per heavy atom. The van der Waals surface area contributed by atoms with Crippen LogP contribution in [-0.4, -0.2) is 32.2 Å². The van der Waals surface area contributed by atoms with Crippen LogP contribution in [0.4, 0.5) is 0 Å². The summed E-state index contributed by atoms with van der Waals surface area (Å²) in [6.45, 7) is 9.45. The molecule has 0 spiro atoms. The number of hydrogen-bond acceptors (Lipinski definition) is 4. The molecule has 0 saturated heterocycles. The van der Waals surface area contributed by atoms with Crippen LogP contribution in [0.2, 0.25) is 0 Å². The highest BCUT2D eigenvalue weighted by atomic mass is 32.2. The van der Waals surface area contributed by atoms with Gasteiger partial charge >= 0.3 is 5.97 Å². The van der Waals surface area contributed by atoms with Gasteiger partial charge in [-0.05, 0) is 77.8 Å². The summed E-state index contributed by atoms with van der Waals surface area (Å²) in [5.41, 5.74) is 0.137. The monoisotopic (exact) mass is 518 g/mol. The number of aryl methyl sites for hydroxylation is 1. The Kier molecular flexibility index (Phi) is 16.6. The van der Waals surface area contributed by atoms with Gasteiger partial charge < -0.3 is 9.84 Å². The first kappa shape index (κ1) is 32.3. The number of esters is 1. The molecule has 0 aliphatic heterocycles. The average molecular weight is 519 g/mol. The minimum Gasteiger partial charge on any atom is -0.459 e. The molecule has 0 bridgehead atoms. The van der Waals surface area contributed by atoms with Crippen molar-refractivity contribution in [2.45, 2.75) is 134 Å². The molecule has 0 fully saturated rings. The third-order valence-electron chi connectivity index (χ3n) is 5.98. The first-order chi connectivity index (χ1) is 17.2. The van der Waals surface area contributed by atoms with E-state index < -0.39 is 33.7 Å². The zero-order valence-corrected chi connectivity index (χ0v) is 24.2. The topological polar surface area (TPSA) is 63.6 Å². The molecule has 36 heavy (non-hydrogen) atoms. The molecule has 0 aliphatic rings. The first-order valence-corrected chi connectivity index (χ1v) is 15.1. The Morgan fingerprint density at radius 3 is 2.14 bits per heavy atom. The number of ether oxygens (including phenoxy) is 1. The van der Waals surface area contributed by atoms with Gasteiger partial charge in [-0.3, -0.25) is 9.00 Å². The van der Waals surface area contributed by atoms with Gasteiger partial charge in [-0.1, -0.05) is 88.0 Å². The normalized spacial score (nSPS) is 14.8. The molecule has 1 N–H and O–H groups in total. The first-order valence-electron chi connectivity index (χ1n) is 13.8. The smallest absolute Gasteiger partial charge is 0.325 e. The fraction of sp³-hybridized carbons (Fsp3) is 0.645. The van der Waals surface area contributed by atoms with Crippen LogP contribution in [-0.2, 0) is 20.3 Å². The second kappa shape index (κ2) is 18.5. The van der Waals surface area contributed by atoms with Crippen molar-refractivity contribution in [1.82, 2.24) is 0 Å². The van der Waals surface area contributed by atoms with Crippen LogP contribution in [0.5, 0.6) is 0 Å². The Labute approximate surface area is 223 Å². The molecule has 1 aromatic rings. The lowest BCUT2D eigenvalue weighted by atomic mass is 10.0. The summed E-state index contributed by atoms with van der Waals surface area (Å²) in [5.74, 6) is -0.598. The van der Waals surface area contributed by atoms with Crippen LogP contribution in [0.1, 0.15) is 110 Å². The molecule has 0 amide bonds. The van der Waals surface area contributed by atoms with Crippen LogP contribution >= 0.6 is 0 Å². The minimum atomic E-state index is -1.68. The number of aliphatic hydroxyl groups is 1. The molecule has 0 aromatic heterocycles. The SMILES string of the molecule is CCCCCC=CCC=CCCCCCCCC(O)C(C(=O)OC(C)(C)C)[S@@](=O)c1ccccc1C. The summed E-state index contributed by atoms with van der Waals surface area (Å²) >= 11 is 0. The second-order valence-electron chi connectivity index (χ2n) is 10.6. The van der Waals surface area contributed by atoms with Gasteiger partial charge in [0.2, 0.25) is 0 Å². The van der Waals surface area contributed by atoms with Gasteiger partial charge in [-0.2, -0.15) is 0 Å². The Bertz CT molecular complexity index is 822. The van der Waals surface area contributed by atoms with Gasteiger partial charge in [0.1, 0.15) is 5.60 Å². The summed E-state index contributed by atoms with van der Waals surface area (Å²) in [5, 5.41) is 9.81. The maximum Gasteiger partial charge on any atom is 0.325 e. The number of rotatable bonds is 18. The van der Waals surface area contributed by atoms with Gasteiger partial charge in [0.25, 0.3) is 0 Å². The molecular weight excluding hydrogens is 468 g/mol. The van der Waals surface area contributed by atoms with Crippen LogP contribution in [0.25, 0.3) is 0 Å². The van der Waals surface area contributed by atoms with E-state index >= 15 is 0 Å². The Morgan fingerprint density at radius 2 is 1.53 bits per heavy atom. The molecule has 3 atom stereocenters. The number of carbonyl (C=O) groups excluding carboxylic acids is 1. The lowest BCUT2D eigenvalue weighted by molar-refractivity contribution is -0.156. The van der Waals surface area contributed by atoms with E-state index in [9.17, 15) is 14.1 Å². The van der Waals surface area contributed by atoms with E-state index in [1.165, 1.54) is 25.7 Å². The number of hydrogen-bond donors (Lipinski definition) is 1. The summed E-state index contributed by atoms with van der Waals surface area (Å²) in [4.78, 5) is 13.5. The van der Waals surface area contributed by atoms with E-state index in [0.29, 0.717) is 11.3 Å². The Balaban J connectivity index is 2.41. The summed E-state index contributed by atoms with van der Waals surface area (Å²) in [7, 11) is -1.68. The van der Waals surface area contributed by atoms with Crippen molar-refractivity contribution < 1.29 is 18.8 Å². The molecule has 0 radical (unpaired) electrons. The van der Waals surface area contributed by atoms with Crippen molar-refractivity contribution in [3.05, 3.63) is 54.1 Å². The molecule has 0 saturated carbocycles. The molecule has 0 aliphatic carbocycles. The van der Waals surface area contributed by atoms with Crippen LogP contribution in [0.3, 0.4) is 0 Å². The predicted octanol–water partition coefficient (Wildman–Crippen LogP) is 7.99. The Hall–Kier alpha value is -1.72. The van der Waals surface area contributed by atoms with Crippen LogP contribution in [0, 0.1) is 6.92 Å². The van der Waals surface area contributed by atoms with Crippen LogP contribution in [0.15, 0.2) is 53.5 Å². The van der Waals surface area contributed by atoms with E-state index in [0.717, 1.165) is 50.5 Å². The number of carbonyl (C=O) groups is 1. The molecule has 0 heterocycles. The van der Waals surface area contributed by atoms with E-state index in [-0.39, 0.29) is 0 Å². The standard InChI is InChI=1S/C31H50O4S/c1-6-7-8-9-10-11-12-13-14-15-16-17-18-19-20-24-27(32)29(30(33)35-31(3,4)5)36(34)28-25-22-21-23-26(28)2/h10-11,13-14,21-23,25,27,29,32H,6-9,12,15-20,24H2,1-5H3/t27?,29?,36-/m0/s1. The molecule has 1 aromatic carbocycles. The lowest BCUT2D eigenvalue weighted by Gasteiger charge is -2.26. The number of aliphatic hydroxyl groups excluding tert-OH is 1. The minimum absolute atomic E-state index is 0.437. The predicted molar refractivity (Wildman–Crippen MR) is 153 cm³/mol. The summed E-state index contributed by atoms with van der Waals surface area (Å²) < 4.78 is 18.9. The van der Waals surface area contributed by atoms with Crippen molar-refractivity contribution in [2.75, 3.05) is 0 Å². The van der Waals surface area contributed by atoms with E-state index in [4.69, 9.17) is 4.74 Å². The fourth-order valence-corrected chi connectivity index (χ4v) is 5.50. The van der Waals surface area contributed by atoms with Gasteiger partial charge in [-0.25, -0.2) is 0 Å². The number of allylic oxidation sites excluding steroid dienone is 4. The molecule has 2 unspecified atom stereocenters. The number of unbranched alkanes of at least 4 members (excludes halogenated alkanes) is 8. The average Bonchev–Trinajstić information content (AvgIpc) is 2.80. The lowest BCUT2D eigenvalue weighted by Crippen LogP contribution is -2.42. The molecule has 204 valence electrons. The summed E-state index contributed by atoms with van der Waals surface area (Å²) in [6, 6.07) is 7.30. The highest BCUT2D eigenvalue weighted by Crippen LogP contribution is 2.23. The maximum atomic E-state index is 13.3. The third-order valence-corrected chi connectivity index (χ3v) is 7.84. The van der Waals surface area contributed by atoms with E-state index in [1.807, 2.05) is 19.1 Å². The molecule has 5 heteroatoms. The molecular formula is C31H50O4S. The zero-order chi connectivity index (χ0) is 26.8. The van der Waals surface area contributed by atoms with Crippen molar-refractivity contribution in [3.8, 4) is 0 Å².